The van der Waals surface area contributed by atoms with Crippen molar-refractivity contribution in [2.24, 2.45) is 0 Å². The lowest BCUT2D eigenvalue weighted by molar-refractivity contribution is -0.129. The van der Waals surface area contributed by atoms with Gasteiger partial charge in [0, 0.05) is 16.9 Å². The monoisotopic (exact) mass is 240 g/mol. The number of rotatable bonds is 2. The summed E-state index contributed by atoms with van der Waals surface area (Å²) in [5.74, 6) is -0.809. The van der Waals surface area contributed by atoms with Gasteiger partial charge in [0.2, 0.25) is 0 Å². The van der Waals surface area contributed by atoms with E-state index in [0.717, 1.165) is 11.6 Å². The number of carbonyl (C=O) groups is 1. The standard InChI is InChI=1S/C15H12O3/c16-14(17)10-11-6-8-13(9-7-11)15(18)12-4-2-1-3-5-12/h1-10,18H,(H,16,17). The van der Waals surface area contributed by atoms with Crippen molar-refractivity contribution in [3.05, 3.63) is 70.6 Å². The van der Waals surface area contributed by atoms with Gasteiger partial charge in [-0.05, 0) is 5.22 Å². The van der Waals surface area contributed by atoms with E-state index in [1.54, 1.807) is 24.3 Å². The van der Waals surface area contributed by atoms with Crippen molar-refractivity contribution in [1.29, 1.82) is 0 Å². The summed E-state index contributed by atoms with van der Waals surface area (Å²) in [5.41, 5.74) is 0.729. The van der Waals surface area contributed by atoms with E-state index in [4.69, 9.17) is 5.11 Å². The van der Waals surface area contributed by atoms with Crippen LogP contribution in [0, 0.1) is 0 Å². The minimum Gasteiger partial charge on any atom is -0.507 e. The van der Waals surface area contributed by atoms with Gasteiger partial charge in [-0.1, -0.05) is 54.6 Å². The van der Waals surface area contributed by atoms with Crippen molar-refractivity contribution in [1.82, 2.24) is 0 Å². The highest BCUT2D eigenvalue weighted by molar-refractivity contribution is 5.98. The highest BCUT2D eigenvalue weighted by Crippen LogP contribution is 2.06. The summed E-state index contributed by atoms with van der Waals surface area (Å²) in [6, 6.07) is 15.9. The Morgan fingerprint density at radius 3 is 2.06 bits per heavy atom. The maximum Gasteiger partial charge on any atom is 0.328 e. The molecule has 0 radical (unpaired) electrons. The molecule has 0 bridgehead atoms. The Bertz CT molecular complexity index is 649. The normalized spacial score (nSPS) is 9.78. The average Bonchev–Trinajstić information content (AvgIpc) is 2.39. The molecule has 0 heterocycles. The SMILES string of the molecule is O=C(O)C=c1ccc(=C(O)c2ccccc2)cc1. The number of aliphatic carboxylic acids is 1. The minimum absolute atomic E-state index is 0.178. The Morgan fingerprint density at radius 2 is 1.50 bits per heavy atom. The summed E-state index contributed by atoms with van der Waals surface area (Å²) in [6.07, 6.45) is 1.11. The van der Waals surface area contributed by atoms with Gasteiger partial charge in [-0.25, -0.2) is 4.79 Å². The smallest absolute Gasteiger partial charge is 0.328 e. The van der Waals surface area contributed by atoms with Gasteiger partial charge in [-0.2, -0.15) is 0 Å². The first kappa shape index (κ1) is 11.9. The molecule has 3 nitrogen and oxygen atoms in total. The van der Waals surface area contributed by atoms with Crippen LogP contribution in [0.15, 0.2) is 54.6 Å². The van der Waals surface area contributed by atoms with Gasteiger partial charge < -0.3 is 10.2 Å². The second-order valence-corrected chi connectivity index (χ2v) is 3.82. The maximum absolute atomic E-state index is 10.5. The molecule has 18 heavy (non-hydrogen) atoms. The lowest BCUT2D eigenvalue weighted by atomic mass is 10.1. The van der Waals surface area contributed by atoms with Gasteiger partial charge in [0.1, 0.15) is 5.76 Å². The van der Waals surface area contributed by atoms with Gasteiger partial charge in [-0.3, -0.25) is 0 Å². The largest absolute Gasteiger partial charge is 0.507 e. The third-order valence-corrected chi connectivity index (χ3v) is 2.52. The summed E-state index contributed by atoms with van der Waals surface area (Å²) < 4.78 is 0. The van der Waals surface area contributed by atoms with Crippen molar-refractivity contribution >= 4 is 17.8 Å². The predicted octanol–water partition coefficient (Wildman–Crippen LogP) is 1.27. The summed E-state index contributed by atoms with van der Waals surface area (Å²) in [7, 11) is 0. The van der Waals surface area contributed by atoms with E-state index >= 15 is 0 Å². The van der Waals surface area contributed by atoms with Crippen LogP contribution in [0.5, 0.6) is 0 Å². The summed E-state index contributed by atoms with van der Waals surface area (Å²) in [5, 5.41) is 19.9. The van der Waals surface area contributed by atoms with Crippen LogP contribution in [-0.4, -0.2) is 16.2 Å². The van der Waals surface area contributed by atoms with E-state index in [-0.39, 0.29) is 5.76 Å². The van der Waals surface area contributed by atoms with E-state index in [1.165, 1.54) is 0 Å². The van der Waals surface area contributed by atoms with Crippen molar-refractivity contribution in [3.63, 3.8) is 0 Å². The molecule has 2 N–H and O–H groups in total. The fourth-order valence-electron chi connectivity index (χ4n) is 1.64. The second kappa shape index (κ2) is 5.19. The van der Waals surface area contributed by atoms with Crippen LogP contribution in [-0.2, 0) is 4.79 Å². The molecule has 0 saturated carbocycles. The van der Waals surface area contributed by atoms with E-state index in [2.05, 4.69) is 0 Å². The molecule has 0 spiro atoms. The quantitative estimate of drug-likeness (QED) is 0.831. The average molecular weight is 240 g/mol. The summed E-state index contributed by atoms with van der Waals surface area (Å²) >= 11 is 0. The Morgan fingerprint density at radius 1 is 0.889 bits per heavy atom. The maximum atomic E-state index is 10.5. The molecule has 0 fully saturated rings. The molecule has 0 unspecified atom stereocenters. The molecular weight excluding hydrogens is 228 g/mol. The molecule has 90 valence electrons. The molecular formula is C15H12O3. The second-order valence-electron chi connectivity index (χ2n) is 3.82. The molecule has 0 aliphatic rings. The Balaban J connectivity index is 2.49. The third-order valence-electron chi connectivity index (χ3n) is 2.52. The van der Waals surface area contributed by atoms with Crippen LogP contribution in [0.4, 0.5) is 0 Å². The van der Waals surface area contributed by atoms with Gasteiger partial charge in [-0.15, -0.1) is 0 Å². The molecule has 2 aromatic rings. The molecule has 0 saturated heterocycles. The zero-order chi connectivity index (χ0) is 13.0. The first-order valence-corrected chi connectivity index (χ1v) is 5.46. The number of hydrogen-bond acceptors (Lipinski definition) is 2. The van der Waals surface area contributed by atoms with E-state index in [0.29, 0.717) is 10.4 Å². The summed E-state index contributed by atoms with van der Waals surface area (Å²) in [6.45, 7) is 0. The molecule has 0 aliphatic carbocycles. The number of carboxylic acid groups (broad SMARTS) is 1. The lowest BCUT2D eigenvalue weighted by Gasteiger charge is -1.99. The predicted molar refractivity (Wildman–Crippen MR) is 69.4 cm³/mol. The van der Waals surface area contributed by atoms with Crippen molar-refractivity contribution in [2.75, 3.05) is 0 Å². The minimum atomic E-state index is -0.987. The molecule has 3 heteroatoms. The van der Waals surface area contributed by atoms with Gasteiger partial charge in [0.25, 0.3) is 0 Å². The van der Waals surface area contributed by atoms with Crippen LogP contribution >= 0.6 is 0 Å². The number of hydrogen-bond donors (Lipinski definition) is 2. The highest BCUT2D eigenvalue weighted by Gasteiger charge is 1.97. The topological polar surface area (TPSA) is 57.5 Å². The number of benzene rings is 2. The van der Waals surface area contributed by atoms with Gasteiger partial charge >= 0.3 is 5.97 Å². The van der Waals surface area contributed by atoms with Crippen LogP contribution in [0.1, 0.15) is 5.56 Å². The Hall–Kier alpha value is -2.55. The van der Waals surface area contributed by atoms with Crippen LogP contribution in [0.3, 0.4) is 0 Å². The number of carboxylic acids is 1. The summed E-state index contributed by atoms with van der Waals surface area (Å²) in [4.78, 5) is 10.5. The highest BCUT2D eigenvalue weighted by atomic mass is 16.4. The zero-order valence-corrected chi connectivity index (χ0v) is 9.58. The zero-order valence-electron chi connectivity index (χ0n) is 9.58. The van der Waals surface area contributed by atoms with Crippen molar-refractivity contribution in [3.8, 4) is 0 Å². The van der Waals surface area contributed by atoms with Crippen LogP contribution in [0.25, 0.3) is 11.8 Å². The lowest BCUT2D eigenvalue weighted by Crippen LogP contribution is -2.12. The van der Waals surface area contributed by atoms with E-state index in [1.807, 2.05) is 30.3 Å². The molecule has 0 aromatic heterocycles. The van der Waals surface area contributed by atoms with Crippen LogP contribution < -0.4 is 10.4 Å². The van der Waals surface area contributed by atoms with E-state index < -0.39 is 5.97 Å². The number of aliphatic hydroxyl groups excluding tert-OH is 1. The van der Waals surface area contributed by atoms with Crippen LogP contribution in [0.2, 0.25) is 0 Å². The van der Waals surface area contributed by atoms with Crippen molar-refractivity contribution < 1.29 is 15.0 Å². The fraction of sp³-hybridized carbons (Fsp3) is 0. The molecule has 2 aromatic carbocycles. The first-order valence-electron chi connectivity index (χ1n) is 5.46. The third kappa shape index (κ3) is 2.77. The Labute approximate surface area is 104 Å². The molecule has 0 aliphatic heterocycles. The van der Waals surface area contributed by atoms with Crippen molar-refractivity contribution in [2.45, 2.75) is 0 Å². The van der Waals surface area contributed by atoms with Gasteiger partial charge in [0.15, 0.2) is 0 Å². The van der Waals surface area contributed by atoms with E-state index in [9.17, 15) is 9.90 Å². The first-order chi connectivity index (χ1) is 8.66. The fourth-order valence-corrected chi connectivity index (χ4v) is 1.64. The molecule has 0 atom stereocenters. The number of aliphatic hydroxyl groups is 1. The Kier molecular flexibility index (Phi) is 3.44. The van der Waals surface area contributed by atoms with Gasteiger partial charge in [0.05, 0.1) is 0 Å². The molecule has 0 amide bonds. The molecule has 2 rings (SSSR count).